The number of nitrogens with one attached hydrogen (secondary N) is 1. The molecular formula is C20H24BrF3N4O. The molecule has 0 bridgehead atoms. The lowest BCUT2D eigenvalue weighted by Crippen LogP contribution is -2.21. The zero-order chi connectivity index (χ0) is 21.2. The summed E-state index contributed by atoms with van der Waals surface area (Å²) >= 11 is 3.06. The van der Waals surface area contributed by atoms with Gasteiger partial charge in [0.25, 0.3) is 0 Å². The van der Waals surface area contributed by atoms with Crippen molar-refractivity contribution < 1.29 is 18.0 Å². The Labute approximate surface area is 176 Å². The molecule has 1 heterocycles. The number of benzene rings is 1. The van der Waals surface area contributed by atoms with Gasteiger partial charge < -0.3 is 10.2 Å². The third kappa shape index (κ3) is 5.12. The first-order valence-electron chi connectivity index (χ1n) is 9.72. The quantitative estimate of drug-likeness (QED) is 0.558. The predicted octanol–water partition coefficient (Wildman–Crippen LogP) is 5.42. The SMILES string of the molecule is CCN(CC)c1ccc(NC(=O)CCn2nc(C(F)(F)F)c(Br)c2C2CC2)cc1. The predicted molar refractivity (Wildman–Crippen MR) is 110 cm³/mol. The van der Waals surface area contributed by atoms with Crippen LogP contribution in [0.3, 0.4) is 0 Å². The summed E-state index contributed by atoms with van der Waals surface area (Å²) in [7, 11) is 0. The first-order valence-corrected chi connectivity index (χ1v) is 10.5. The standard InChI is InChI=1S/C20H24BrF3N4O/c1-3-27(4-2)15-9-7-14(8-10-15)25-16(29)11-12-28-18(13-5-6-13)17(21)19(26-28)20(22,23)24/h7-10,13H,3-6,11-12H2,1-2H3,(H,25,29). The molecule has 158 valence electrons. The van der Waals surface area contributed by atoms with Gasteiger partial charge in [0.2, 0.25) is 5.91 Å². The number of amides is 1. The average Bonchev–Trinajstić information content (AvgIpc) is 3.44. The summed E-state index contributed by atoms with van der Waals surface area (Å²) in [4.78, 5) is 14.5. The van der Waals surface area contributed by atoms with Gasteiger partial charge in [0.1, 0.15) is 0 Å². The van der Waals surface area contributed by atoms with Gasteiger partial charge in [0.15, 0.2) is 5.69 Å². The van der Waals surface area contributed by atoms with Crippen molar-refractivity contribution in [1.82, 2.24) is 9.78 Å². The lowest BCUT2D eigenvalue weighted by atomic mass is 10.2. The number of hydrogen-bond donors (Lipinski definition) is 1. The third-order valence-electron chi connectivity index (χ3n) is 4.99. The molecule has 0 atom stereocenters. The molecule has 2 aromatic rings. The summed E-state index contributed by atoms with van der Waals surface area (Å²) in [6.45, 7) is 6.04. The summed E-state index contributed by atoms with van der Waals surface area (Å²) < 4.78 is 40.8. The number of rotatable bonds is 8. The van der Waals surface area contributed by atoms with Crippen molar-refractivity contribution in [2.45, 2.75) is 51.7 Å². The number of nitrogens with zero attached hydrogens (tertiary/aromatic N) is 3. The smallest absolute Gasteiger partial charge is 0.372 e. The van der Waals surface area contributed by atoms with E-state index in [-0.39, 0.29) is 29.3 Å². The molecule has 0 radical (unpaired) electrons. The number of aromatic nitrogens is 2. The fraction of sp³-hybridized carbons (Fsp3) is 0.500. The molecule has 29 heavy (non-hydrogen) atoms. The van der Waals surface area contributed by atoms with Crippen molar-refractivity contribution in [2.24, 2.45) is 0 Å². The van der Waals surface area contributed by atoms with Crippen molar-refractivity contribution >= 4 is 33.2 Å². The number of anilines is 2. The molecule has 1 aromatic heterocycles. The average molecular weight is 473 g/mol. The monoisotopic (exact) mass is 472 g/mol. The molecule has 1 amide bonds. The molecule has 0 unspecified atom stereocenters. The minimum Gasteiger partial charge on any atom is -0.372 e. The number of hydrogen-bond acceptors (Lipinski definition) is 3. The highest BCUT2D eigenvalue weighted by Gasteiger charge is 2.41. The number of carbonyl (C=O) groups excluding carboxylic acids is 1. The van der Waals surface area contributed by atoms with Crippen LogP contribution in [0.4, 0.5) is 24.5 Å². The van der Waals surface area contributed by atoms with E-state index in [1.807, 2.05) is 24.3 Å². The molecule has 0 saturated heterocycles. The van der Waals surface area contributed by atoms with Crippen LogP contribution >= 0.6 is 15.9 Å². The van der Waals surface area contributed by atoms with Crippen LogP contribution in [0.1, 0.15) is 50.4 Å². The highest BCUT2D eigenvalue weighted by Crippen LogP contribution is 2.47. The van der Waals surface area contributed by atoms with Crippen molar-refractivity contribution in [3.8, 4) is 0 Å². The Balaban J connectivity index is 1.64. The Morgan fingerprint density at radius 2 is 1.86 bits per heavy atom. The van der Waals surface area contributed by atoms with Gasteiger partial charge in [0, 0.05) is 36.8 Å². The number of alkyl halides is 3. The van der Waals surface area contributed by atoms with Crippen LogP contribution in [0.25, 0.3) is 0 Å². The molecular weight excluding hydrogens is 449 g/mol. The maximum atomic E-state index is 13.2. The van der Waals surface area contributed by atoms with Crippen molar-refractivity contribution in [2.75, 3.05) is 23.3 Å². The second-order valence-electron chi connectivity index (χ2n) is 7.06. The molecule has 5 nitrogen and oxygen atoms in total. The normalized spacial score (nSPS) is 14.1. The van der Waals surface area contributed by atoms with Gasteiger partial charge >= 0.3 is 6.18 Å². The lowest BCUT2D eigenvalue weighted by Gasteiger charge is -2.21. The molecule has 9 heteroatoms. The summed E-state index contributed by atoms with van der Waals surface area (Å²) in [5.74, 6) is -0.189. The van der Waals surface area contributed by atoms with E-state index in [1.165, 1.54) is 4.68 Å². The fourth-order valence-corrected chi connectivity index (χ4v) is 4.16. The van der Waals surface area contributed by atoms with Crippen molar-refractivity contribution in [1.29, 1.82) is 0 Å². The van der Waals surface area contributed by atoms with Crippen molar-refractivity contribution in [3.05, 3.63) is 40.1 Å². The number of carbonyl (C=O) groups is 1. The highest BCUT2D eigenvalue weighted by atomic mass is 79.9. The molecule has 1 N–H and O–H groups in total. The Bertz CT molecular complexity index is 856. The minimum absolute atomic E-state index is 0.0000931. The zero-order valence-corrected chi connectivity index (χ0v) is 18.0. The summed E-state index contributed by atoms with van der Waals surface area (Å²) in [5, 5.41) is 6.53. The van der Waals surface area contributed by atoms with Gasteiger partial charge in [-0.3, -0.25) is 9.48 Å². The molecule has 1 aliphatic carbocycles. The summed E-state index contributed by atoms with van der Waals surface area (Å²) in [6, 6.07) is 7.53. The van der Waals surface area contributed by atoms with E-state index in [0.717, 1.165) is 31.6 Å². The first kappa shape index (κ1) is 21.7. The molecule has 1 aliphatic rings. The van der Waals surface area contributed by atoms with E-state index in [4.69, 9.17) is 0 Å². The minimum atomic E-state index is -4.53. The van der Waals surface area contributed by atoms with E-state index in [0.29, 0.717) is 11.4 Å². The topological polar surface area (TPSA) is 50.2 Å². The third-order valence-corrected chi connectivity index (χ3v) is 5.78. The van der Waals surface area contributed by atoms with E-state index >= 15 is 0 Å². The van der Waals surface area contributed by atoms with Gasteiger partial charge in [-0.2, -0.15) is 18.3 Å². The Morgan fingerprint density at radius 1 is 1.24 bits per heavy atom. The first-order chi connectivity index (χ1) is 13.7. The van der Waals surface area contributed by atoms with Gasteiger partial charge in [-0.15, -0.1) is 0 Å². The number of halogens is 4. The van der Waals surface area contributed by atoms with E-state index in [9.17, 15) is 18.0 Å². The van der Waals surface area contributed by atoms with E-state index in [1.54, 1.807) is 0 Å². The second kappa shape index (κ2) is 8.77. The van der Waals surface area contributed by atoms with Crippen LogP contribution in [0, 0.1) is 0 Å². The largest absolute Gasteiger partial charge is 0.436 e. The Morgan fingerprint density at radius 3 is 2.38 bits per heavy atom. The highest BCUT2D eigenvalue weighted by molar-refractivity contribution is 9.10. The van der Waals surface area contributed by atoms with Gasteiger partial charge in [-0.1, -0.05) is 0 Å². The maximum absolute atomic E-state index is 13.2. The Hall–Kier alpha value is -2.03. The van der Waals surface area contributed by atoms with Gasteiger partial charge in [-0.05, 0) is 66.9 Å². The van der Waals surface area contributed by atoms with E-state index in [2.05, 4.69) is 45.1 Å². The maximum Gasteiger partial charge on any atom is 0.436 e. The van der Waals surface area contributed by atoms with Crippen LogP contribution in [0.2, 0.25) is 0 Å². The van der Waals surface area contributed by atoms with Crippen LogP contribution in [-0.4, -0.2) is 28.8 Å². The molecule has 0 aliphatic heterocycles. The summed E-state index contributed by atoms with van der Waals surface area (Å²) in [6.07, 6.45) is -2.80. The molecule has 1 saturated carbocycles. The van der Waals surface area contributed by atoms with Gasteiger partial charge in [-0.25, -0.2) is 0 Å². The van der Waals surface area contributed by atoms with Crippen molar-refractivity contribution in [3.63, 3.8) is 0 Å². The lowest BCUT2D eigenvalue weighted by molar-refractivity contribution is -0.142. The molecule has 1 aromatic carbocycles. The summed E-state index contributed by atoms with van der Waals surface area (Å²) in [5.41, 5.74) is 1.34. The molecule has 3 rings (SSSR count). The Kier molecular flexibility index (Phi) is 6.55. The second-order valence-corrected chi connectivity index (χ2v) is 7.85. The van der Waals surface area contributed by atoms with Crippen LogP contribution in [-0.2, 0) is 17.5 Å². The van der Waals surface area contributed by atoms with Gasteiger partial charge in [0.05, 0.1) is 16.7 Å². The van der Waals surface area contributed by atoms with Crippen LogP contribution < -0.4 is 10.2 Å². The van der Waals surface area contributed by atoms with Crippen LogP contribution in [0.15, 0.2) is 28.7 Å². The van der Waals surface area contributed by atoms with Crippen LogP contribution in [0.5, 0.6) is 0 Å². The fourth-order valence-electron chi connectivity index (χ4n) is 3.33. The number of aryl methyl sites for hydroxylation is 1. The molecule has 0 spiro atoms. The zero-order valence-electron chi connectivity index (χ0n) is 16.4. The van der Waals surface area contributed by atoms with E-state index < -0.39 is 11.9 Å². The molecule has 1 fully saturated rings.